The van der Waals surface area contributed by atoms with E-state index >= 15 is 0 Å². The van der Waals surface area contributed by atoms with Crippen molar-refractivity contribution in [1.29, 1.82) is 0 Å². The normalized spacial score (nSPS) is 17.3. The van der Waals surface area contributed by atoms with Crippen LogP contribution in [-0.2, 0) is 11.3 Å². The molecule has 1 aromatic heterocycles. The molecule has 1 aliphatic carbocycles. The quantitative estimate of drug-likeness (QED) is 0.891. The molecule has 0 bridgehead atoms. The minimum atomic E-state index is 0.0531. The van der Waals surface area contributed by atoms with E-state index in [1.54, 1.807) is 23.2 Å². The number of nitrogens with one attached hydrogen (secondary N) is 1. The third kappa shape index (κ3) is 2.90. The van der Waals surface area contributed by atoms with E-state index in [1.165, 1.54) is 19.3 Å². The number of thiazole rings is 1. The van der Waals surface area contributed by atoms with Crippen LogP contribution in [0.4, 0.5) is 5.13 Å². The number of nitrogens with zero attached hydrogens (tertiary/aromatic N) is 2. The Bertz CT molecular complexity index is 426. The van der Waals surface area contributed by atoms with Crippen molar-refractivity contribution in [3.8, 4) is 0 Å². The number of carbonyl (C=O) groups is 1. The van der Waals surface area contributed by atoms with Gasteiger partial charge in [-0.25, -0.2) is 4.98 Å². The fourth-order valence-corrected chi connectivity index (χ4v) is 3.11. The number of anilines is 1. The van der Waals surface area contributed by atoms with Crippen LogP contribution in [0.5, 0.6) is 0 Å². The van der Waals surface area contributed by atoms with E-state index in [-0.39, 0.29) is 5.91 Å². The van der Waals surface area contributed by atoms with Gasteiger partial charge in [-0.1, -0.05) is 0 Å². The minimum Gasteiger partial charge on any atom is -0.306 e. The first-order chi connectivity index (χ1) is 8.54. The van der Waals surface area contributed by atoms with E-state index in [2.05, 4.69) is 17.2 Å². The van der Waals surface area contributed by atoms with Gasteiger partial charge in [0, 0.05) is 30.9 Å². The van der Waals surface area contributed by atoms with Crippen LogP contribution in [0.15, 0.2) is 5.38 Å². The van der Waals surface area contributed by atoms with E-state index in [0.29, 0.717) is 12.1 Å². The SMILES string of the molecule is CCN(C(C)=O)c1nc(CNC2(C)CCC2)cs1. The van der Waals surface area contributed by atoms with E-state index in [9.17, 15) is 4.79 Å². The molecule has 0 aromatic carbocycles. The first kappa shape index (κ1) is 13.5. The highest BCUT2D eigenvalue weighted by Crippen LogP contribution is 2.31. The van der Waals surface area contributed by atoms with Crippen LogP contribution in [0.3, 0.4) is 0 Å². The Morgan fingerprint density at radius 1 is 1.61 bits per heavy atom. The second-order valence-corrected chi connectivity index (χ2v) is 5.99. The fourth-order valence-electron chi connectivity index (χ4n) is 2.18. The topological polar surface area (TPSA) is 45.2 Å². The van der Waals surface area contributed by atoms with Crippen LogP contribution in [0, 0.1) is 0 Å². The summed E-state index contributed by atoms with van der Waals surface area (Å²) in [5.74, 6) is 0.0531. The molecule has 0 radical (unpaired) electrons. The zero-order valence-corrected chi connectivity index (χ0v) is 12.1. The summed E-state index contributed by atoms with van der Waals surface area (Å²) in [7, 11) is 0. The van der Waals surface area contributed by atoms with Gasteiger partial charge in [0.05, 0.1) is 5.69 Å². The van der Waals surface area contributed by atoms with Crippen molar-refractivity contribution in [1.82, 2.24) is 10.3 Å². The molecule has 2 rings (SSSR count). The number of rotatable bonds is 5. The number of hydrogen-bond acceptors (Lipinski definition) is 4. The molecule has 1 amide bonds. The fraction of sp³-hybridized carbons (Fsp3) is 0.692. The van der Waals surface area contributed by atoms with E-state index in [1.807, 2.05) is 12.3 Å². The molecule has 0 spiro atoms. The largest absolute Gasteiger partial charge is 0.306 e. The lowest BCUT2D eigenvalue weighted by molar-refractivity contribution is -0.116. The molecule has 0 atom stereocenters. The Kier molecular flexibility index (Phi) is 4.02. The smallest absolute Gasteiger partial charge is 0.225 e. The standard InChI is InChI=1S/C13H21N3OS/c1-4-16(10(2)17)12-15-11(9-18-12)8-14-13(3)6-5-7-13/h9,14H,4-8H2,1-3H3. The Hall–Kier alpha value is -0.940. The highest BCUT2D eigenvalue weighted by Gasteiger charge is 2.30. The van der Waals surface area contributed by atoms with Crippen molar-refractivity contribution >= 4 is 22.4 Å². The van der Waals surface area contributed by atoms with Gasteiger partial charge < -0.3 is 5.32 Å². The summed E-state index contributed by atoms with van der Waals surface area (Å²) in [6.07, 6.45) is 3.82. The van der Waals surface area contributed by atoms with Crippen molar-refractivity contribution < 1.29 is 4.79 Å². The van der Waals surface area contributed by atoms with E-state index in [0.717, 1.165) is 17.4 Å². The zero-order chi connectivity index (χ0) is 13.2. The summed E-state index contributed by atoms with van der Waals surface area (Å²) in [6.45, 7) is 7.28. The molecule has 1 heterocycles. The van der Waals surface area contributed by atoms with Gasteiger partial charge in [0.25, 0.3) is 0 Å². The van der Waals surface area contributed by atoms with Crippen molar-refractivity contribution in [2.75, 3.05) is 11.4 Å². The van der Waals surface area contributed by atoms with Gasteiger partial charge in [-0.2, -0.15) is 0 Å². The molecule has 1 saturated carbocycles. The van der Waals surface area contributed by atoms with Gasteiger partial charge in [0.15, 0.2) is 5.13 Å². The third-order valence-corrected chi connectivity index (χ3v) is 4.53. The molecule has 1 fully saturated rings. The Balaban J connectivity index is 1.95. The third-order valence-electron chi connectivity index (χ3n) is 3.62. The first-order valence-electron chi connectivity index (χ1n) is 6.51. The lowest BCUT2D eigenvalue weighted by Gasteiger charge is -2.39. The van der Waals surface area contributed by atoms with E-state index < -0.39 is 0 Å². The average Bonchev–Trinajstić information content (AvgIpc) is 2.73. The van der Waals surface area contributed by atoms with Gasteiger partial charge in [0.1, 0.15) is 0 Å². The molecule has 100 valence electrons. The molecule has 1 aliphatic rings. The van der Waals surface area contributed by atoms with Gasteiger partial charge in [-0.15, -0.1) is 11.3 Å². The maximum Gasteiger partial charge on any atom is 0.225 e. The van der Waals surface area contributed by atoms with Crippen LogP contribution in [0.1, 0.15) is 45.7 Å². The second kappa shape index (κ2) is 5.36. The lowest BCUT2D eigenvalue weighted by atomic mass is 9.78. The van der Waals surface area contributed by atoms with E-state index in [4.69, 9.17) is 0 Å². The van der Waals surface area contributed by atoms with Crippen LogP contribution in [-0.4, -0.2) is 23.0 Å². The molecular formula is C13H21N3OS. The predicted molar refractivity (Wildman–Crippen MR) is 74.9 cm³/mol. The molecule has 1 N–H and O–H groups in total. The molecule has 5 heteroatoms. The van der Waals surface area contributed by atoms with Crippen LogP contribution >= 0.6 is 11.3 Å². The summed E-state index contributed by atoms with van der Waals surface area (Å²) in [6, 6.07) is 0. The maximum atomic E-state index is 11.4. The minimum absolute atomic E-state index is 0.0531. The number of carbonyl (C=O) groups excluding carboxylic acids is 1. The molecule has 0 aliphatic heterocycles. The Morgan fingerprint density at radius 2 is 2.33 bits per heavy atom. The van der Waals surface area contributed by atoms with Crippen LogP contribution in [0.2, 0.25) is 0 Å². The highest BCUT2D eigenvalue weighted by molar-refractivity contribution is 7.14. The Morgan fingerprint density at radius 3 is 2.83 bits per heavy atom. The summed E-state index contributed by atoms with van der Waals surface area (Å²) < 4.78 is 0. The summed E-state index contributed by atoms with van der Waals surface area (Å²) in [4.78, 5) is 17.7. The van der Waals surface area contributed by atoms with Crippen molar-refractivity contribution in [2.24, 2.45) is 0 Å². The molecule has 0 saturated heterocycles. The molecule has 4 nitrogen and oxygen atoms in total. The lowest BCUT2D eigenvalue weighted by Crippen LogP contribution is -2.47. The van der Waals surface area contributed by atoms with Crippen molar-refractivity contribution in [2.45, 2.75) is 52.1 Å². The Labute approximate surface area is 112 Å². The number of hydrogen-bond donors (Lipinski definition) is 1. The highest BCUT2D eigenvalue weighted by atomic mass is 32.1. The van der Waals surface area contributed by atoms with Crippen LogP contribution in [0.25, 0.3) is 0 Å². The van der Waals surface area contributed by atoms with Gasteiger partial charge in [0.2, 0.25) is 5.91 Å². The van der Waals surface area contributed by atoms with Crippen molar-refractivity contribution in [3.05, 3.63) is 11.1 Å². The van der Waals surface area contributed by atoms with Gasteiger partial charge in [-0.05, 0) is 33.1 Å². The average molecular weight is 267 g/mol. The first-order valence-corrected chi connectivity index (χ1v) is 7.39. The summed E-state index contributed by atoms with van der Waals surface area (Å²) in [5, 5.41) is 6.40. The molecular weight excluding hydrogens is 246 g/mol. The molecule has 1 aromatic rings. The second-order valence-electron chi connectivity index (χ2n) is 5.15. The maximum absolute atomic E-state index is 11.4. The monoisotopic (exact) mass is 267 g/mol. The number of aromatic nitrogens is 1. The van der Waals surface area contributed by atoms with Crippen LogP contribution < -0.4 is 10.2 Å². The predicted octanol–water partition coefficient (Wildman–Crippen LogP) is 2.55. The summed E-state index contributed by atoms with van der Waals surface area (Å²) in [5.41, 5.74) is 1.33. The molecule has 0 unspecified atom stereocenters. The van der Waals surface area contributed by atoms with Gasteiger partial charge in [-0.3, -0.25) is 9.69 Å². The summed E-state index contributed by atoms with van der Waals surface area (Å²) >= 11 is 1.54. The zero-order valence-electron chi connectivity index (χ0n) is 11.3. The van der Waals surface area contributed by atoms with Crippen molar-refractivity contribution in [3.63, 3.8) is 0 Å². The van der Waals surface area contributed by atoms with Gasteiger partial charge >= 0.3 is 0 Å². The molecule has 18 heavy (non-hydrogen) atoms. The number of amides is 1.